The van der Waals surface area contributed by atoms with Gasteiger partial charge in [-0.3, -0.25) is 53.9 Å². The Kier molecular flexibility index (Phi) is 15.1. The number of nitrogens with zero attached hydrogens (tertiary/aromatic N) is 5. The third kappa shape index (κ3) is 10.9. The van der Waals surface area contributed by atoms with E-state index in [-0.39, 0.29) is 97.2 Å². The fraction of sp³-hybridized carbons (Fsp3) is 0.592. The van der Waals surface area contributed by atoms with E-state index < -0.39 is 51.2 Å². The molecule has 7 heterocycles. The molecule has 0 spiro atoms. The Bertz CT molecular complexity index is 2620. The van der Waals surface area contributed by atoms with Gasteiger partial charge in [-0.25, -0.2) is 23.2 Å². The van der Waals surface area contributed by atoms with E-state index in [4.69, 9.17) is 4.74 Å². The van der Waals surface area contributed by atoms with Crippen molar-refractivity contribution >= 4 is 69.0 Å². The van der Waals surface area contributed by atoms with E-state index in [1.165, 1.54) is 16.4 Å². The third-order valence-corrected chi connectivity index (χ3v) is 17.9. The summed E-state index contributed by atoms with van der Waals surface area (Å²) in [7, 11) is -3.37. The first-order valence-electron chi connectivity index (χ1n) is 24.9. The lowest BCUT2D eigenvalue weighted by Gasteiger charge is -2.43. The van der Waals surface area contributed by atoms with Gasteiger partial charge >= 0.3 is 0 Å². The number of benzene rings is 2. The summed E-state index contributed by atoms with van der Waals surface area (Å²) < 4.78 is 30.8. The Balaban J connectivity index is 0.689. The van der Waals surface area contributed by atoms with Gasteiger partial charge in [-0.2, -0.15) is 0 Å². The summed E-state index contributed by atoms with van der Waals surface area (Å²) in [5, 5.41) is 13.3. The molecule has 0 bridgehead atoms. The van der Waals surface area contributed by atoms with Gasteiger partial charge in [0.15, 0.2) is 6.61 Å². The van der Waals surface area contributed by atoms with Crippen LogP contribution in [-0.4, -0.2) is 168 Å². The zero-order valence-corrected chi connectivity index (χ0v) is 42.5. The van der Waals surface area contributed by atoms with E-state index in [0.29, 0.717) is 51.0 Å². The highest BCUT2D eigenvalue weighted by atomic mass is 32.2. The molecule has 388 valence electrons. The number of carbonyl (C=O) groups excluding carboxylic acids is 8. The Morgan fingerprint density at radius 3 is 2.18 bits per heavy atom. The molecule has 8 amide bonds. The van der Waals surface area contributed by atoms with Crippen LogP contribution in [0.2, 0.25) is 0 Å². The molecular formula is C49H64N10O11S2. The van der Waals surface area contributed by atoms with Crippen LogP contribution in [0.4, 0.5) is 0 Å². The molecule has 2 aromatic carbocycles. The molecule has 21 nitrogen and oxygen atoms in total. The van der Waals surface area contributed by atoms with Crippen molar-refractivity contribution in [2.45, 2.75) is 94.4 Å². The molecule has 23 heteroatoms. The van der Waals surface area contributed by atoms with Crippen LogP contribution in [0.25, 0.3) is 0 Å². The van der Waals surface area contributed by atoms with Crippen molar-refractivity contribution in [3.05, 3.63) is 64.7 Å². The molecule has 0 radical (unpaired) electrons. The van der Waals surface area contributed by atoms with Crippen LogP contribution < -0.4 is 31.4 Å². The number of imide groups is 2. The van der Waals surface area contributed by atoms with Crippen molar-refractivity contribution in [1.29, 1.82) is 0 Å². The molecule has 7 aliphatic heterocycles. The SMILES string of the molecule is CC(C)(C(=O)N1CCC(C2CCN(C(=O)COc3cccc4c3C(=O)N(C3CCC(=O)NC3=O)C4=O)CC2)CC1)N1CCC(c2cccc(C3CSC(NC(=O)CNC(=O)C4CCN(S(C)(=O)=O)C4)N3)c2)N1. The van der Waals surface area contributed by atoms with Crippen molar-refractivity contribution in [2.75, 3.05) is 71.0 Å². The molecule has 7 aliphatic rings. The Morgan fingerprint density at radius 2 is 1.50 bits per heavy atom. The molecule has 6 saturated heterocycles. The lowest BCUT2D eigenvalue weighted by molar-refractivity contribution is -0.146. The predicted octanol–water partition coefficient (Wildman–Crippen LogP) is 0.849. The number of carbonyl (C=O) groups is 8. The van der Waals surface area contributed by atoms with E-state index >= 15 is 0 Å². The predicted molar refractivity (Wildman–Crippen MR) is 263 cm³/mol. The Hall–Kier alpha value is -5.46. The molecule has 5 unspecified atom stereocenters. The number of hydrogen-bond donors (Lipinski definition) is 5. The normalized spacial score (nSPS) is 26.0. The number of thioether (sulfide) groups is 1. The second-order valence-corrected chi connectivity index (χ2v) is 23.6. The fourth-order valence-corrected chi connectivity index (χ4v) is 13.3. The Labute approximate surface area is 423 Å². The van der Waals surface area contributed by atoms with E-state index in [0.717, 1.165) is 60.1 Å². The van der Waals surface area contributed by atoms with Crippen molar-refractivity contribution in [1.82, 2.24) is 50.7 Å². The molecule has 9 rings (SSSR count). The zero-order valence-electron chi connectivity index (χ0n) is 40.9. The van der Waals surface area contributed by atoms with Gasteiger partial charge in [0.25, 0.3) is 17.7 Å². The molecule has 2 aromatic rings. The minimum Gasteiger partial charge on any atom is -0.483 e. The maximum absolute atomic E-state index is 14.2. The largest absolute Gasteiger partial charge is 0.483 e. The lowest BCUT2D eigenvalue weighted by atomic mass is 9.78. The molecular weight excluding hydrogens is 969 g/mol. The first-order chi connectivity index (χ1) is 34.3. The van der Waals surface area contributed by atoms with Crippen molar-refractivity contribution < 1.29 is 51.5 Å². The number of hydrogen-bond acceptors (Lipinski definition) is 15. The van der Waals surface area contributed by atoms with E-state index in [1.54, 1.807) is 22.7 Å². The molecule has 0 aromatic heterocycles. The highest BCUT2D eigenvalue weighted by molar-refractivity contribution is 8.00. The van der Waals surface area contributed by atoms with Crippen LogP contribution in [0.1, 0.15) is 109 Å². The van der Waals surface area contributed by atoms with Gasteiger partial charge in [0.2, 0.25) is 39.6 Å². The van der Waals surface area contributed by atoms with Crippen LogP contribution in [0.5, 0.6) is 5.75 Å². The van der Waals surface area contributed by atoms with Crippen molar-refractivity contribution in [2.24, 2.45) is 17.8 Å². The minimum atomic E-state index is -3.37. The second-order valence-electron chi connectivity index (χ2n) is 20.4. The van der Waals surface area contributed by atoms with Gasteiger partial charge in [-0.05, 0) is 93.9 Å². The molecule has 5 atom stereocenters. The van der Waals surface area contributed by atoms with Crippen LogP contribution in [0.3, 0.4) is 0 Å². The van der Waals surface area contributed by atoms with Crippen LogP contribution >= 0.6 is 11.8 Å². The average Bonchev–Trinajstić information content (AvgIpc) is 4.21. The van der Waals surface area contributed by atoms with E-state index in [9.17, 15) is 46.8 Å². The van der Waals surface area contributed by atoms with E-state index in [2.05, 4.69) is 49.9 Å². The Morgan fingerprint density at radius 1 is 0.819 bits per heavy atom. The van der Waals surface area contributed by atoms with Crippen molar-refractivity contribution in [3.8, 4) is 5.75 Å². The summed E-state index contributed by atoms with van der Waals surface area (Å²) in [5.41, 5.74) is 4.79. The summed E-state index contributed by atoms with van der Waals surface area (Å²) in [5.74, 6) is -2.13. The van der Waals surface area contributed by atoms with Gasteiger partial charge in [-0.1, -0.05) is 30.3 Å². The van der Waals surface area contributed by atoms with Crippen LogP contribution in [0.15, 0.2) is 42.5 Å². The van der Waals surface area contributed by atoms with Gasteiger partial charge in [0.05, 0.1) is 29.8 Å². The molecule has 0 aliphatic carbocycles. The lowest BCUT2D eigenvalue weighted by Crippen LogP contribution is -2.59. The summed E-state index contributed by atoms with van der Waals surface area (Å²) in [6, 6.07) is 11.8. The number of nitrogens with one attached hydrogen (secondary N) is 5. The number of rotatable bonds is 14. The summed E-state index contributed by atoms with van der Waals surface area (Å²) in [4.78, 5) is 108. The molecule has 5 N–H and O–H groups in total. The van der Waals surface area contributed by atoms with E-state index in [1.807, 2.05) is 24.8 Å². The number of ether oxygens (including phenoxy) is 1. The number of piperidine rings is 3. The highest BCUT2D eigenvalue weighted by Gasteiger charge is 2.47. The van der Waals surface area contributed by atoms with Gasteiger partial charge in [-0.15, -0.1) is 11.8 Å². The first-order valence-corrected chi connectivity index (χ1v) is 27.8. The minimum absolute atomic E-state index is 0.00456. The standard InChI is InChI=1S/C49H64N10O11S2/c1-49(2,58-23-17-35(54-58)31-6-4-7-32(24-31)36-28-71-48(51-36)53-40(61)25-50-43(63)33-16-22-57(26-33)72(3,68)69)47(67)56-20-14-30(15-21-56)29-12-18-55(19-13-29)41(62)27-70-38-9-5-8-34-42(38)46(66)59(45(34)65)37-10-11-39(60)52-44(37)64/h4-9,24,29-30,33,35-37,48,51,54H,10-23,25-28H2,1-3H3,(H,50,63)(H,53,61)(H,52,60,64). The number of likely N-dealkylation sites (tertiary alicyclic amines) is 2. The number of fused-ring (bicyclic) bond motifs is 1. The average molecular weight is 1030 g/mol. The third-order valence-electron chi connectivity index (χ3n) is 15.5. The van der Waals surface area contributed by atoms with Gasteiger partial charge in [0.1, 0.15) is 22.8 Å². The number of amides is 8. The summed E-state index contributed by atoms with van der Waals surface area (Å²) in [6.07, 6.45) is 5.84. The summed E-state index contributed by atoms with van der Waals surface area (Å²) in [6.45, 7) is 6.99. The highest BCUT2D eigenvalue weighted by Crippen LogP contribution is 2.37. The molecule has 72 heavy (non-hydrogen) atoms. The fourth-order valence-electron chi connectivity index (χ4n) is 11.3. The van der Waals surface area contributed by atoms with Gasteiger partial charge in [0, 0.05) is 70.1 Å². The second kappa shape index (κ2) is 21.2. The van der Waals surface area contributed by atoms with Crippen LogP contribution in [-0.2, 0) is 38.8 Å². The number of sulfonamides is 1. The first kappa shape index (κ1) is 51.4. The van der Waals surface area contributed by atoms with Crippen molar-refractivity contribution in [3.63, 3.8) is 0 Å². The maximum atomic E-state index is 14.2. The maximum Gasteiger partial charge on any atom is 0.266 e. The summed E-state index contributed by atoms with van der Waals surface area (Å²) >= 11 is 1.57. The van der Waals surface area contributed by atoms with Gasteiger partial charge < -0.3 is 25.2 Å². The topological polar surface area (TPSA) is 256 Å². The smallest absolute Gasteiger partial charge is 0.266 e. The zero-order chi connectivity index (χ0) is 51.1. The molecule has 0 saturated carbocycles. The quantitative estimate of drug-likeness (QED) is 0.165. The number of hydrazine groups is 1. The van der Waals surface area contributed by atoms with Crippen LogP contribution in [0, 0.1) is 17.8 Å². The molecule has 6 fully saturated rings. The monoisotopic (exact) mass is 1030 g/mol.